The molecule has 1 atom stereocenters. The molecule has 3 nitrogen and oxygen atoms in total. The molecule has 1 aromatic carbocycles. The van der Waals surface area contributed by atoms with E-state index in [4.69, 9.17) is 0 Å². The third-order valence-electron chi connectivity index (χ3n) is 3.40. The number of hydrogen-bond donors (Lipinski definition) is 2. The van der Waals surface area contributed by atoms with Gasteiger partial charge in [-0.15, -0.1) is 12.4 Å². The van der Waals surface area contributed by atoms with Crippen LogP contribution in [0.1, 0.15) is 34.3 Å². The van der Waals surface area contributed by atoms with E-state index in [-0.39, 0.29) is 24.4 Å². The molecule has 18 heavy (non-hydrogen) atoms. The van der Waals surface area contributed by atoms with E-state index < -0.39 is 0 Å². The molecule has 1 aliphatic heterocycles. The second-order valence-corrected chi connectivity index (χ2v) is 4.82. The summed E-state index contributed by atoms with van der Waals surface area (Å²) in [5, 5.41) is 6.38. The lowest BCUT2D eigenvalue weighted by Crippen LogP contribution is -2.45. The fraction of sp³-hybridized carbons (Fsp3) is 0.500. The van der Waals surface area contributed by atoms with Gasteiger partial charge in [-0.1, -0.05) is 6.07 Å². The Labute approximate surface area is 115 Å². The number of rotatable bonds is 2. The molecule has 100 valence electrons. The molecule has 0 radical (unpaired) electrons. The number of benzene rings is 1. The van der Waals surface area contributed by atoms with Crippen molar-refractivity contribution in [3.8, 4) is 0 Å². The van der Waals surface area contributed by atoms with Gasteiger partial charge in [0.25, 0.3) is 5.91 Å². The normalized spacial score (nSPS) is 18.9. The maximum absolute atomic E-state index is 12.0. The van der Waals surface area contributed by atoms with E-state index >= 15 is 0 Å². The molecule has 0 spiro atoms. The molecular formula is C14H21ClN2O. The van der Waals surface area contributed by atoms with Gasteiger partial charge in [0.15, 0.2) is 0 Å². The number of carbonyl (C=O) groups excluding carboxylic acids is 1. The van der Waals surface area contributed by atoms with Crippen molar-refractivity contribution in [2.45, 2.75) is 32.7 Å². The molecule has 0 aliphatic carbocycles. The SMILES string of the molecule is Cc1ccc(C(=O)N[C@@H]2CCCNC2)cc1C.Cl. The molecule has 1 aliphatic rings. The molecule has 1 fully saturated rings. The van der Waals surface area contributed by atoms with Crippen LogP contribution in [0, 0.1) is 13.8 Å². The zero-order chi connectivity index (χ0) is 12.3. The minimum atomic E-state index is 0. The van der Waals surface area contributed by atoms with Gasteiger partial charge in [-0.2, -0.15) is 0 Å². The minimum absolute atomic E-state index is 0. The summed E-state index contributed by atoms with van der Waals surface area (Å²) >= 11 is 0. The Hall–Kier alpha value is -1.06. The summed E-state index contributed by atoms with van der Waals surface area (Å²) in [5.74, 6) is 0.0433. The summed E-state index contributed by atoms with van der Waals surface area (Å²) < 4.78 is 0. The average Bonchev–Trinajstić information content (AvgIpc) is 2.34. The number of halogens is 1. The number of amides is 1. The van der Waals surface area contributed by atoms with Crippen LogP contribution < -0.4 is 10.6 Å². The van der Waals surface area contributed by atoms with Gasteiger partial charge in [0.05, 0.1) is 0 Å². The highest BCUT2D eigenvalue weighted by Crippen LogP contribution is 2.10. The largest absolute Gasteiger partial charge is 0.348 e. The van der Waals surface area contributed by atoms with E-state index in [1.54, 1.807) is 0 Å². The lowest BCUT2D eigenvalue weighted by molar-refractivity contribution is 0.0930. The van der Waals surface area contributed by atoms with Crippen LogP contribution in [0.2, 0.25) is 0 Å². The Morgan fingerprint density at radius 3 is 2.72 bits per heavy atom. The van der Waals surface area contributed by atoms with Gasteiger partial charge in [-0.25, -0.2) is 0 Å². The second kappa shape index (κ2) is 6.76. The Balaban J connectivity index is 0.00000162. The maximum atomic E-state index is 12.0. The zero-order valence-electron chi connectivity index (χ0n) is 11.0. The van der Waals surface area contributed by atoms with Crippen LogP contribution in [0.5, 0.6) is 0 Å². The van der Waals surface area contributed by atoms with Crippen molar-refractivity contribution in [3.05, 3.63) is 34.9 Å². The van der Waals surface area contributed by atoms with Crippen LogP contribution in [0.25, 0.3) is 0 Å². The fourth-order valence-electron chi connectivity index (χ4n) is 2.13. The zero-order valence-corrected chi connectivity index (χ0v) is 11.8. The first-order chi connectivity index (χ1) is 8.16. The Morgan fingerprint density at radius 2 is 2.11 bits per heavy atom. The van der Waals surface area contributed by atoms with Gasteiger partial charge >= 0.3 is 0 Å². The summed E-state index contributed by atoms with van der Waals surface area (Å²) in [6.45, 7) is 6.04. The van der Waals surface area contributed by atoms with Gasteiger partial charge in [0.1, 0.15) is 0 Å². The van der Waals surface area contributed by atoms with Crippen LogP contribution in [0.15, 0.2) is 18.2 Å². The summed E-state index contributed by atoms with van der Waals surface area (Å²) in [5.41, 5.74) is 3.15. The Bertz CT molecular complexity index is 414. The molecule has 0 saturated carbocycles. The Morgan fingerprint density at radius 1 is 1.33 bits per heavy atom. The van der Waals surface area contributed by atoms with Crippen molar-refractivity contribution in [3.63, 3.8) is 0 Å². The predicted molar refractivity (Wildman–Crippen MR) is 76.5 cm³/mol. The molecule has 0 bridgehead atoms. The third kappa shape index (κ3) is 3.72. The van der Waals surface area contributed by atoms with Gasteiger partial charge in [-0.3, -0.25) is 4.79 Å². The molecule has 1 amide bonds. The van der Waals surface area contributed by atoms with Gasteiger partial charge in [-0.05, 0) is 56.5 Å². The Kier molecular flexibility index (Phi) is 5.63. The highest BCUT2D eigenvalue weighted by Gasteiger charge is 2.16. The van der Waals surface area contributed by atoms with Crippen molar-refractivity contribution in [1.29, 1.82) is 0 Å². The highest BCUT2D eigenvalue weighted by molar-refractivity contribution is 5.94. The number of carbonyl (C=O) groups is 1. The molecule has 1 aromatic rings. The predicted octanol–water partition coefficient (Wildman–Crippen LogP) is 2.21. The quantitative estimate of drug-likeness (QED) is 0.864. The fourth-order valence-corrected chi connectivity index (χ4v) is 2.13. The molecule has 1 heterocycles. The van der Waals surface area contributed by atoms with Gasteiger partial charge in [0, 0.05) is 18.2 Å². The average molecular weight is 269 g/mol. The molecular weight excluding hydrogens is 248 g/mol. The number of hydrogen-bond acceptors (Lipinski definition) is 2. The molecule has 0 unspecified atom stereocenters. The van der Waals surface area contributed by atoms with E-state index in [2.05, 4.69) is 17.6 Å². The smallest absolute Gasteiger partial charge is 0.251 e. The van der Waals surface area contributed by atoms with Crippen molar-refractivity contribution in [2.75, 3.05) is 13.1 Å². The monoisotopic (exact) mass is 268 g/mol. The highest BCUT2D eigenvalue weighted by atomic mass is 35.5. The van der Waals surface area contributed by atoms with Crippen LogP contribution in [-0.2, 0) is 0 Å². The van der Waals surface area contributed by atoms with Crippen molar-refractivity contribution in [2.24, 2.45) is 0 Å². The summed E-state index contributed by atoms with van der Waals surface area (Å²) in [6, 6.07) is 6.14. The standard InChI is InChI=1S/C14H20N2O.ClH/c1-10-5-6-12(8-11(10)2)14(17)16-13-4-3-7-15-9-13;/h5-6,8,13,15H,3-4,7,9H2,1-2H3,(H,16,17);1H/t13-;/m1./s1. The summed E-state index contributed by atoms with van der Waals surface area (Å²) in [6.07, 6.45) is 2.21. The van der Waals surface area contributed by atoms with E-state index in [1.165, 1.54) is 11.1 Å². The first kappa shape index (κ1) is 15.0. The maximum Gasteiger partial charge on any atom is 0.251 e. The summed E-state index contributed by atoms with van der Waals surface area (Å²) in [7, 11) is 0. The molecule has 1 saturated heterocycles. The molecule has 0 aromatic heterocycles. The van der Waals surface area contributed by atoms with Crippen LogP contribution in [0.4, 0.5) is 0 Å². The first-order valence-electron chi connectivity index (χ1n) is 6.25. The molecule has 2 N–H and O–H groups in total. The van der Waals surface area contributed by atoms with E-state index in [1.807, 2.05) is 25.1 Å². The molecule has 4 heteroatoms. The van der Waals surface area contributed by atoms with E-state index in [9.17, 15) is 4.79 Å². The third-order valence-corrected chi connectivity index (χ3v) is 3.40. The summed E-state index contributed by atoms with van der Waals surface area (Å²) in [4.78, 5) is 12.0. The van der Waals surface area contributed by atoms with Crippen molar-refractivity contribution in [1.82, 2.24) is 10.6 Å². The minimum Gasteiger partial charge on any atom is -0.348 e. The van der Waals surface area contributed by atoms with Crippen molar-refractivity contribution >= 4 is 18.3 Å². The topological polar surface area (TPSA) is 41.1 Å². The van der Waals surface area contributed by atoms with Crippen molar-refractivity contribution < 1.29 is 4.79 Å². The van der Waals surface area contributed by atoms with E-state index in [0.717, 1.165) is 31.5 Å². The van der Waals surface area contributed by atoms with Gasteiger partial charge in [0.2, 0.25) is 0 Å². The van der Waals surface area contributed by atoms with Crippen LogP contribution >= 0.6 is 12.4 Å². The number of piperidine rings is 1. The van der Waals surface area contributed by atoms with E-state index in [0.29, 0.717) is 0 Å². The lowest BCUT2D eigenvalue weighted by Gasteiger charge is -2.23. The first-order valence-corrected chi connectivity index (χ1v) is 6.25. The van der Waals surface area contributed by atoms with Crippen LogP contribution in [0.3, 0.4) is 0 Å². The molecule has 2 rings (SSSR count). The number of aryl methyl sites for hydroxylation is 2. The van der Waals surface area contributed by atoms with Crippen LogP contribution in [-0.4, -0.2) is 25.0 Å². The second-order valence-electron chi connectivity index (χ2n) is 4.82. The van der Waals surface area contributed by atoms with Gasteiger partial charge < -0.3 is 10.6 Å². The lowest BCUT2D eigenvalue weighted by atomic mass is 10.0. The number of nitrogens with one attached hydrogen (secondary N) is 2.